The number of carbonyl (C=O) groups is 1. The molecule has 0 spiro atoms. The molecule has 0 saturated carbocycles. The summed E-state index contributed by atoms with van der Waals surface area (Å²) >= 11 is 2.19. The monoisotopic (exact) mass is 436 g/mol. The zero-order valence-electron chi connectivity index (χ0n) is 14.3. The third kappa shape index (κ3) is 5.63. The highest BCUT2D eigenvalue weighted by molar-refractivity contribution is 14.1. The fourth-order valence-electron chi connectivity index (χ4n) is 1.96. The van der Waals surface area contributed by atoms with Crippen LogP contribution >= 0.6 is 22.6 Å². The lowest BCUT2D eigenvalue weighted by Gasteiger charge is -2.24. The molecule has 5 heteroatoms. The summed E-state index contributed by atoms with van der Waals surface area (Å²) in [6.45, 7) is 5.56. The SMILES string of the molecule is CN(C(=O)OC(C)(C)C)c1ccc(C=Cc2ccnc(I)c2)cc1. The molecule has 1 amide bonds. The van der Waals surface area contributed by atoms with Crippen LogP contribution in [0.1, 0.15) is 31.9 Å². The van der Waals surface area contributed by atoms with Gasteiger partial charge in [-0.2, -0.15) is 0 Å². The lowest BCUT2D eigenvalue weighted by atomic mass is 10.1. The van der Waals surface area contributed by atoms with Crippen LogP contribution in [0.15, 0.2) is 42.6 Å². The lowest BCUT2D eigenvalue weighted by Crippen LogP contribution is -2.34. The highest BCUT2D eigenvalue weighted by Gasteiger charge is 2.20. The van der Waals surface area contributed by atoms with Crippen LogP contribution in [-0.2, 0) is 4.74 Å². The number of hydrogen-bond donors (Lipinski definition) is 0. The average Bonchev–Trinajstić information content (AvgIpc) is 2.51. The van der Waals surface area contributed by atoms with E-state index in [9.17, 15) is 4.79 Å². The van der Waals surface area contributed by atoms with E-state index in [0.717, 1.165) is 20.5 Å². The van der Waals surface area contributed by atoms with E-state index in [2.05, 4.69) is 27.6 Å². The van der Waals surface area contributed by atoms with E-state index in [1.807, 2.05) is 69.3 Å². The molecule has 1 aromatic carbocycles. The van der Waals surface area contributed by atoms with Crippen molar-refractivity contribution in [1.29, 1.82) is 0 Å². The highest BCUT2D eigenvalue weighted by Crippen LogP contribution is 2.18. The first-order valence-corrected chi connectivity index (χ1v) is 8.69. The molecule has 0 saturated heterocycles. The van der Waals surface area contributed by atoms with Gasteiger partial charge >= 0.3 is 6.09 Å². The van der Waals surface area contributed by atoms with E-state index < -0.39 is 5.60 Å². The highest BCUT2D eigenvalue weighted by atomic mass is 127. The number of hydrogen-bond acceptors (Lipinski definition) is 3. The third-order valence-electron chi connectivity index (χ3n) is 3.17. The zero-order valence-corrected chi connectivity index (χ0v) is 16.4. The molecule has 0 unspecified atom stereocenters. The van der Waals surface area contributed by atoms with Crippen molar-refractivity contribution in [3.63, 3.8) is 0 Å². The summed E-state index contributed by atoms with van der Waals surface area (Å²) in [6.07, 6.45) is 5.50. The van der Waals surface area contributed by atoms with Gasteiger partial charge in [0, 0.05) is 18.9 Å². The molecule has 0 aliphatic carbocycles. The molecule has 2 rings (SSSR count). The molecule has 2 aromatic rings. The molecule has 0 bridgehead atoms. The van der Waals surface area contributed by atoms with Crippen LogP contribution in [0.4, 0.5) is 10.5 Å². The first-order chi connectivity index (χ1) is 11.2. The van der Waals surface area contributed by atoms with Crippen molar-refractivity contribution < 1.29 is 9.53 Å². The molecule has 1 heterocycles. The van der Waals surface area contributed by atoms with Crippen molar-refractivity contribution in [3.8, 4) is 0 Å². The van der Waals surface area contributed by atoms with Crippen molar-refractivity contribution in [2.75, 3.05) is 11.9 Å². The van der Waals surface area contributed by atoms with Gasteiger partial charge in [0.05, 0.1) is 0 Å². The van der Waals surface area contributed by atoms with Gasteiger partial charge in [-0.05, 0) is 78.8 Å². The number of anilines is 1. The summed E-state index contributed by atoms with van der Waals surface area (Å²) in [7, 11) is 1.71. The standard InChI is InChI=1S/C19H21IN2O2/c1-19(2,3)24-18(23)22(4)16-9-7-14(8-10-16)5-6-15-11-12-21-17(20)13-15/h5-13H,1-4H3. The molecule has 24 heavy (non-hydrogen) atoms. The van der Waals surface area contributed by atoms with Crippen LogP contribution in [0.2, 0.25) is 0 Å². The molecular formula is C19H21IN2O2. The van der Waals surface area contributed by atoms with E-state index in [-0.39, 0.29) is 6.09 Å². The Kier molecular flexibility index (Phi) is 5.99. The maximum absolute atomic E-state index is 12.1. The summed E-state index contributed by atoms with van der Waals surface area (Å²) in [5.41, 5.74) is 2.45. The predicted molar refractivity (Wildman–Crippen MR) is 107 cm³/mol. The van der Waals surface area contributed by atoms with Crippen molar-refractivity contribution in [1.82, 2.24) is 4.98 Å². The Morgan fingerprint density at radius 2 is 1.75 bits per heavy atom. The van der Waals surface area contributed by atoms with E-state index in [1.54, 1.807) is 13.2 Å². The smallest absolute Gasteiger partial charge is 0.414 e. The normalized spacial score (nSPS) is 11.5. The van der Waals surface area contributed by atoms with E-state index in [1.165, 1.54) is 4.90 Å². The number of amides is 1. The van der Waals surface area contributed by atoms with Gasteiger partial charge in [0.25, 0.3) is 0 Å². The molecule has 0 N–H and O–H groups in total. The minimum Gasteiger partial charge on any atom is -0.443 e. The van der Waals surface area contributed by atoms with Gasteiger partial charge in [-0.25, -0.2) is 4.79 Å². The molecule has 1 aromatic heterocycles. The maximum Gasteiger partial charge on any atom is 0.414 e. The number of pyridine rings is 1. The fraction of sp³-hybridized carbons (Fsp3) is 0.263. The number of rotatable bonds is 3. The van der Waals surface area contributed by atoms with Gasteiger partial charge in [0.15, 0.2) is 0 Å². The van der Waals surface area contributed by atoms with Crippen LogP contribution in [0.25, 0.3) is 12.2 Å². The Morgan fingerprint density at radius 1 is 1.12 bits per heavy atom. The largest absolute Gasteiger partial charge is 0.443 e. The third-order valence-corrected chi connectivity index (χ3v) is 3.76. The van der Waals surface area contributed by atoms with Crippen LogP contribution in [0, 0.1) is 3.70 Å². The minimum absolute atomic E-state index is 0.364. The van der Waals surface area contributed by atoms with Crippen LogP contribution in [0.5, 0.6) is 0 Å². The van der Waals surface area contributed by atoms with Crippen LogP contribution in [-0.4, -0.2) is 23.7 Å². The van der Waals surface area contributed by atoms with Crippen LogP contribution < -0.4 is 4.90 Å². The van der Waals surface area contributed by atoms with Gasteiger partial charge in [0.2, 0.25) is 0 Å². The number of carbonyl (C=O) groups excluding carboxylic acids is 1. The topological polar surface area (TPSA) is 42.4 Å². The molecular weight excluding hydrogens is 415 g/mol. The fourth-order valence-corrected chi connectivity index (χ4v) is 2.48. The van der Waals surface area contributed by atoms with Gasteiger partial charge in [-0.3, -0.25) is 9.88 Å². The maximum atomic E-state index is 12.1. The van der Waals surface area contributed by atoms with E-state index >= 15 is 0 Å². The number of ether oxygens (including phenoxy) is 1. The molecule has 4 nitrogen and oxygen atoms in total. The zero-order chi connectivity index (χ0) is 17.7. The second-order valence-corrected chi connectivity index (χ2v) is 7.48. The molecule has 0 radical (unpaired) electrons. The molecule has 0 fully saturated rings. The summed E-state index contributed by atoms with van der Waals surface area (Å²) in [4.78, 5) is 17.7. The van der Waals surface area contributed by atoms with Gasteiger partial charge in [0.1, 0.15) is 9.30 Å². The van der Waals surface area contributed by atoms with Gasteiger partial charge in [-0.15, -0.1) is 0 Å². The van der Waals surface area contributed by atoms with Crippen molar-refractivity contribution in [3.05, 3.63) is 57.4 Å². The Balaban J connectivity index is 2.06. The molecule has 0 atom stereocenters. The molecule has 0 aliphatic heterocycles. The lowest BCUT2D eigenvalue weighted by molar-refractivity contribution is 0.0589. The predicted octanol–water partition coefficient (Wildman–Crippen LogP) is 5.23. The van der Waals surface area contributed by atoms with E-state index in [4.69, 9.17) is 4.74 Å². The summed E-state index contributed by atoms with van der Waals surface area (Å²) in [6, 6.07) is 11.7. The summed E-state index contributed by atoms with van der Waals surface area (Å²) in [5.74, 6) is 0. The average molecular weight is 436 g/mol. The summed E-state index contributed by atoms with van der Waals surface area (Å²) < 4.78 is 6.33. The van der Waals surface area contributed by atoms with Crippen LogP contribution in [0.3, 0.4) is 0 Å². The first kappa shape index (κ1) is 18.4. The van der Waals surface area contributed by atoms with Crippen molar-refractivity contribution >= 4 is 46.5 Å². The Morgan fingerprint density at radius 3 is 2.33 bits per heavy atom. The molecule has 0 aliphatic rings. The first-order valence-electron chi connectivity index (χ1n) is 7.61. The second-order valence-electron chi connectivity index (χ2n) is 6.38. The Labute approximate surface area is 156 Å². The quantitative estimate of drug-likeness (QED) is 0.489. The number of nitrogens with zero attached hydrogens (tertiary/aromatic N) is 2. The van der Waals surface area contributed by atoms with Gasteiger partial charge in [-0.1, -0.05) is 24.3 Å². The number of halogens is 1. The van der Waals surface area contributed by atoms with Crippen molar-refractivity contribution in [2.24, 2.45) is 0 Å². The Hall–Kier alpha value is -1.89. The number of aromatic nitrogens is 1. The van der Waals surface area contributed by atoms with E-state index in [0.29, 0.717) is 0 Å². The van der Waals surface area contributed by atoms with Gasteiger partial charge < -0.3 is 4.74 Å². The van der Waals surface area contributed by atoms with Crippen molar-refractivity contribution in [2.45, 2.75) is 26.4 Å². The molecule has 126 valence electrons. The minimum atomic E-state index is -0.504. The number of benzene rings is 1. The Bertz CT molecular complexity index is 734. The second kappa shape index (κ2) is 7.79. The summed E-state index contributed by atoms with van der Waals surface area (Å²) in [5, 5.41) is 0.